The molecule has 0 atom stereocenters. The number of urea groups is 1. The molecule has 0 aromatic heterocycles. The average Bonchev–Trinajstić information content (AvgIpc) is 3.00. The van der Waals surface area contributed by atoms with Crippen LogP contribution in [-0.2, 0) is 20.8 Å². The minimum absolute atomic E-state index is 0.0173. The summed E-state index contributed by atoms with van der Waals surface area (Å²) < 4.78 is 6.35. The van der Waals surface area contributed by atoms with E-state index >= 15 is 0 Å². The topological polar surface area (TPSA) is 125 Å². The van der Waals surface area contributed by atoms with Gasteiger partial charge in [0.2, 0.25) is 5.91 Å². The van der Waals surface area contributed by atoms with Crippen LogP contribution in [0.15, 0.2) is 46.6 Å². The van der Waals surface area contributed by atoms with Gasteiger partial charge in [-0.05, 0) is 80.3 Å². The molecule has 0 saturated carbocycles. The molecule has 33 heavy (non-hydrogen) atoms. The van der Waals surface area contributed by atoms with Crippen LogP contribution < -0.4 is 15.4 Å². The molecule has 1 fully saturated rings. The van der Waals surface area contributed by atoms with Crippen molar-refractivity contribution < 1.29 is 29.0 Å². The SMILES string of the molecule is CCc1ccccc1NC(=O)CN1C(=O)N/C(=C/c2cc(Br)c(OCC(=O)O)c(I)c2)C1=O. The Kier molecular flexibility index (Phi) is 8.08. The average molecular weight is 628 g/mol. The summed E-state index contributed by atoms with van der Waals surface area (Å²) in [6.07, 6.45) is 2.19. The summed E-state index contributed by atoms with van der Waals surface area (Å²) in [5, 5.41) is 14.0. The van der Waals surface area contributed by atoms with E-state index in [-0.39, 0.29) is 5.70 Å². The number of ether oxygens (including phenoxy) is 1. The van der Waals surface area contributed by atoms with E-state index < -0.39 is 37.0 Å². The molecule has 0 unspecified atom stereocenters. The zero-order valence-electron chi connectivity index (χ0n) is 17.4. The number of imide groups is 1. The van der Waals surface area contributed by atoms with Gasteiger partial charge < -0.3 is 20.5 Å². The smallest absolute Gasteiger partial charge is 0.341 e. The molecular weight excluding hydrogens is 609 g/mol. The van der Waals surface area contributed by atoms with Crippen molar-refractivity contribution >= 4 is 74.1 Å². The molecule has 1 heterocycles. The van der Waals surface area contributed by atoms with E-state index in [4.69, 9.17) is 9.84 Å². The maximum atomic E-state index is 12.7. The van der Waals surface area contributed by atoms with E-state index in [1.165, 1.54) is 6.08 Å². The first kappa shape index (κ1) is 24.7. The number of aliphatic carboxylic acids is 1. The number of hydrogen-bond acceptors (Lipinski definition) is 5. The van der Waals surface area contributed by atoms with Crippen molar-refractivity contribution in [3.05, 3.63) is 61.3 Å². The lowest BCUT2D eigenvalue weighted by Gasteiger charge is -2.13. The first-order valence-corrected chi connectivity index (χ1v) is 11.6. The zero-order chi connectivity index (χ0) is 24.1. The number of carboxylic acid groups (broad SMARTS) is 1. The first-order valence-electron chi connectivity index (χ1n) is 9.75. The van der Waals surface area contributed by atoms with Crippen molar-refractivity contribution in [2.45, 2.75) is 13.3 Å². The Morgan fingerprint density at radius 2 is 2.00 bits per heavy atom. The summed E-state index contributed by atoms with van der Waals surface area (Å²) in [6, 6.07) is 9.92. The van der Waals surface area contributed by atoms with Crippen LogP contribution in [0.5, 0.6) is 5.75 Å². The second kappa shape index (κ2) is 10.8. The van der Waals surface area contributed by atoms with Crippen LogP contribution in [0.3, 0.4) is 0 Å². The van der Waals surface area contributed by atoms with Gasteiger partial charge in [0, 0.05) is 5.69 Å². The van der Waals surface area contributed by atoms with Crippen molar-refractivity contribution in [1.29, 1.82) is 0 Å². The molecule has 2 aromatic carbocycles. The van der Waals surface area contributed by atoms with Crippen LogP contribution in [0.25, 0.3) is 6.08 Å². The number of para-hydroxylation sites is 1. The number of halogens is 2. The van der Waals surface area contributed by atoms with Crippen molar-refractivity contribution in [3.63, 3.8) is 0 Å². The van der Waals surface area contributed by atoms with Gasteiger partial charge in [0.25, 0.3) is 5.91 Å². The largest absolute Gasteiger partial charge is 0.480 e. The number of hydrogen-bond donors (Lipinski definition) is 3. The first-order chi connectivity index (χ1) is 15.7. The summed E-state index contributed by atoms with van der Waals surface area (Å²) in [4.78, 5) is 49.1. The molecule has 1 saturated heterocycles. The molecule has 0 spiro atoms. The Hall–Kier alpha value is -2.93. The lowest BCUT2D eigenvalue weighted by Crippen LogP contribution is -2.38. The highest BCUT2D eigenvalue weighted by atomic mass is 127. The Balaban J connectivity index is 1.73. The second-order valence-electron chi connectivity index (χ2n) is 6.93. The Morgan fingerprint density at radius 1 is 1.27 bits per heavy atom. The summed E-state index contributed by atoms with van der Waals surface area (Å²) in [5.74, 6) is -1.87. The molecule has 1 aliphatic heterocycles. The molecular formula is C22H19BrIN3O6. The summed E-state index contributed by atoms with van der Waals surface area (Å²) >= 11 is 5.30. The third-order valence-corrected chi connectivity index (χ3v) is 6.00. The molecule has 0 aliphatic carbocycles. The van der Waals surface area contributed by atoms with Crippen molar-refractivity contribution in [1.82, 2.24) is 10.2 Å². The minimum Gasteiger partial charge on any atom is -0.480 e. The fourth-order valence-corrected chi connectivity index (χ4v) is 4.87. The Bertz CT molecular complexity index is 1140. The maximum absolute atomic E-state index is 12.7. The van der Waals surface area contributed by atoms with Gasteiger partial charge in [-0.3, -0.25) is 9.59 Å². The van der Waals surface area contributed by atoms with E-state index in [1.807, 2.05) is 41.6 Å². The molecule has 9 nitrogen and oxygen atoms in total. The summed E-state index contributed by atoms with van der Waals surface area (Å²) in [7, 11) is 0. The van der Waals surface area contributed by atoms with E-state index in [0.717, 1.165) is 16.9 Å². The van der Waals surface area contributed by atoms with Gasteiger partial charge in [-0.15, -0.1) is 0 Å². The third-order valence-electron chi connectivity index (χ3n) is 4.61. The van der Waals surface area contributed by atoms with E-state index in [0.29, 0.717) is 25.0 Å². The molecule has 11 heteroatoms. The highest BCUT2D eigenvalue weighted by molar-refractivity contribution is 14.1. The van der Waals surface area contributed by atoms with Gasteiger partial charge in [0.05, 0.1) is 8.04 Å². The van der Waals surface area contributed by atoms with Gasteiger partial charge in [0.15, 0.2) is 6.61 Å². The number of nitrogens with zero attached hydrogens (tertiary/aromatic N) is 1. The Morgan fingerprint density at radius 3 is 2.67 bits per heavy atom. The van der Waals surface area contributed by atoms with Crippen LogP contribution in [0, 0.1) is 3.57 Å². The standard InChI is InChI=1S/C22H19BrIN3O6/c1-2-13-5-3-4-6-16(13)25-18(28)10-27-21(31)17(26-22(27)32)9-12-7-14(23)20(15(24)8-12)33-11-19(29)30/h3-9H,2,10-11H2,1H3,(H,25,28)(H,26,32)(H,29,30)/b17-9+. The molecule has 3 rings (SSSR count). The number of rotatable bonds is 8. The predicted octanol–water partition coefficient (Wildman–Crippen LogP) is 3.61. The van der Waals surface area contributed by atoms with Gasteiger partial charge in [-0.25, -0.2) is 14.5 Å². The third kappa shape index (κ3) is 6.11. The van der Waals surface area contributed by atoms with Crippen molar-refractivity contribution in [3.8, 4) is 5.75 Å². The van der Waals surface area contributed by atoms with Crippen LogP contribution in [0.1, 0.15) is 18.1 Å². The van der Waals surface area contributed by atoms with Crippen molar-refractivity contribution in [2.24, 2.45) is 0 Å². The van der Waals surface area contributed by atoms with Crippen LogP contribution >= 0.6 is 38.5 Å². The molecule has 0 radical (unpaired) electrons. The number of carbonyl (C=O) groups is 4. The molecule has 2 aromatic rings. The Labute approximate surface area is 211 Å². The quantitative estimate of drug-likeness (QED) is 0.233. The fraction of sp³-hybridized carbons (Fsp3) is 0.182. The summed E-state index contributed by atoms with van der Waals surface area (Å²) in [5.41, 5.74) is 2.17. The molecule has 4 amide bonds. The number of amides is 4. The van der Waals surface area contributed by atoms with Crippen molar-refractivity contribution in [2.75, 3.05) is 18.5 Å². The van der Waals surface area contributed by atoms with E-state index in [1.54, 1.807) is 24.3 Å². The van der Waals surface area contributed by atoms with Gasteiger partial charge in [0.1, 0.15) is 18.0 Å². The lowest BCUT2D eigenvalue weighted by atomic mass is 10.1. The number of anilines is 1. The number of aryl methyl sites for hydroxylation is 1. The predicted molar refractivity (Wildman–Crippen MR) is 133 cm³/mol. The normalized spacial score (nSPS) is 14.4. The fourth-order valence-electron chi connectivity index (χ4n) is 3.10. The summed E-state index contributed by atoms with van der Waals surface area (Å²) in [6.45, 7) is 1.04. The monoisotopic (exact) mass is 627 g/mol. The number of carbonyl (C=O) groups excluding carboxylic acids is 3. The van der Waals surface area contributed by atoms with Gasteiger partial charge >= 0.3 is 12.0 Å². The highest BCUT2D eigenvalue weighted by Crippen LogP contribution is 2.33. The van der Waals surface area contributed by atoms with Gasteiger partial charge in [-0.2, -0.15) is 0 Å². The zero-order valence-corrected chi connectivity index (χ0v) is 21.1. The number of carboxylic acids is 1. The molecule has 3 N–H and O–H groups in total. The van der Waals surface area contributed by atoms with E-state index in [2.05, 4.69) is 26.6 Å². The molecule has 172 valence electrons. The second-order valence-corrected chi connectivity index (χ2v) is 8.95. The maximum Gasteiger partial charge on any atom is 0.341 e. The van der Waals surface area contributed by atoms with Gasteiger partial charge in [-0.1, -0.05) is 25.1 Å². The van der Waals surface area contributed by atoms with Crippen LogP contribution in [0.4, 0.5) is 10.5 Å². The minimum atomic E-state index is -1.11. The number of nitrogens with one attached hydrogen (secondary N) is 2. The molecule has 1 aliphatic rings. The number of benzene rings is 2. The van der Waals surface area contributed by atoms with Crippen LogP contribution in [-0.4, -0.2) is 47.0 Å². The highest BCUT2D eigenvalue weighted by Gasteiger charge is 2.35. The lowest BCUT2D eigenvalue weighted by molar-refractivity contribution is -0.139. The van der Waals surface area contributed by atoms with Crippen LogP contribution in [0.2, 0.25) is 0 Å². The van der Waals surface area contributed by atoms with E-state index in [9.17, 15) is 19.2 Å². The molecule has 0 bridgehead atoms.